The van der Waals surface area contributed by atoms with E-state index in [1.165, 1.54) is 39.0 Å². The van der Waals surface area contributed by atoms with E-state index < -0.39 is 0 Å². The molecule has 0 saturated heterocycles. The number of hydrogen-bond acceptors (Lipinski definition) is 3. The summed E-state index contributed by atoms with van der Waals surface area (Å²) < 4.78 is 0. The number of ketones is 2. The van der Waals surface area contributed by atoms with Gasteiger partial charge in [0.15, 0.2) is 11.6 Å². The highest BCUT2D eigenvalue weighted by molar-refractivity contribution is 6.42. The SMILES string of the molecule is Cc1cc(C)cc(N2c3ccccc3Cc3c2ccc2cc(C=C4C(=O)c5cc6ccccc6cc5C4=O)ccc32)c1. The Balaban J connectivity index is 1.23. The third-order valence-electron chi connectivity index (χ3n) is 8.61. The van der Waals surface area contributed by atoms with Crippen molar-refractivity contribution in [3.05, 3.63) is 154 Å². The van der Waals surface area contributed by atoms with E-state index in [0.717, 1.165) is 33.8 Å². The van der Waals surface area contributed by atoms with Crippen LogP contribution in [0.15, 0.2) is 115 Å². The molecular formula is C39H27NO2. The zero-order chi connectivity index (χ0) is 28.5. The minimum Gasteiger partial charge on any atom is -0.310 e. The Labute approximate surface area is 244 Å². The number of aryl methyl sites for hydroxylation is 2. The maximum Gasteiger partial charge on any atom is 0.197 e. The van der Waals surface area contributed by atoms with E-state index in [1.54, 1.807) is 6.08 Å². The van der Waals surface area contributed by atoms with Crippen LogP contribution in [-0.2, 0) is 6.42 Å². The molecule has 6 aromatic carbocycles. The molecule has 1 heterocycles. The molecular weight excluding hydrogens is 514 g/mol. The predicted octanol–water partition coefficient (Wildman–Crippen LogP) is 9.45. The van der Waals surface area contributed by atoms with Gasteiger partial charge in [0.25, 0.3) is 0 Å². The van der Waals surface area contributed by atoms with Crippen LogP contribution in [0.1, 0.15) is 48.5 Å². The van der Waals surface area contributed by atoms with Crippen molar-refractivity contribution in [3.63, 3.8) is 0 Å². The molecule has 0 aromatic heterocycles. The van der Waals surface area contributed by atoms with Crippen LogP contribution in [0.4, 0.5) is 17.1 Å². The fraction of sp³-hybridized carbons (Fsp3) is 0.0769. The lowest BCUT2D eigenvalue weighted by molar-refractivity contribution is 0.0990. The van der Waals surface area contributed by atoms with E-state index in [-0.39, 0.29) is 17.1 Å². The van der Waals surface area contributed by atoms with Gasteiger partial charge in [0, 0.05) is 28.9 Å². The highest BCUT2D eigenvalue weighted by Crippen LogP contribution is 2.46. The number of rotatable bonds is 2. The molecule has 3 nitrogen and oxygen atoms in total. The molecule has 1 aliphatic carbocycles. The standard InChI is InChI=1S/C39H27NO2/c1-23-15-24(2)17-30(16-23)40-36-10-6-5-9-29(36)22-32-31-13-11-25(18-28(31)12-14-37(32)40)19-35-38(41)33-20-26-7-3-4-8-27(26)21-34(33)39(35)42/h3-21H,22H2,1-2H3. The zero-order valence-corrected chi connectivity index (χ0v) is 23.4. The number of fused-ring (bicyclic) bond motifs is 6. The number of benzene rings is 6. The predicted molar refractivity (Wildman–Crippen MR) is 171 cm³/mol. The summed E-state index contributed by atoms with van der Waals surface area (Å²) >= 11 is 0. The molecule has 0 atom stereocenters. The number of carbonyl (C=O) groups is 2. The Hall–Kier alpha value is -5.28. The zero-order valence-electron chi connectivity index (χ0n) is 23.4. The molecule has 2 aliphatic rings. The highest BCUT2D eigenvalue weighted by atomic mass is 16.2. The summed E-state index contributed by atoms with van der Waals surface area (Å²) in [7, 11) is 0. The van der Waals surface area contributed by atoms with E-state index in [9.17, 15) is 9.59 Å². The van der Waals surface area contributed by atoms with Gasteiger partial charge in [-0.2, -0.15) is 0 Å². The summed E-state index contributed by atoms with van der Waals surface area (Å²) in [5, 5.41) is 4.19. The molecule has 0 spiro atoms. The molecule has 0 N–H and O–H groups in total. The Bertz CT molecular complexity index is 2110. The fourth-order valence-corrected chi connectivity index (χ4v) is 6.75. The van der Waals surface area contributed by atoms with Crippen LogP contribution >= 0.6 is 0 Å². The van der Waals surface area contributed by atoms with Crippen molar-refractivity contribution in [2.45, 2.75) is 20.3 Å². The van der Waals surface area contributed by atoms with Gasteiger partial charge in [0.1, 0.15) is 0 Å². The molecule has 0 fully saturated rings. The largest absolute Gasteiger partial charge is 0.310 e. The van der Waals surface area contributed by atoms with Crippen molar-refractivity contribution in [2.24, 2.45) is 0 Å². The van der Waals surface area contributed by atoms with E-state index in [2.05, 4.69) is 85.5 Å². The maximum absolute atomic E-state index is 13.4. The number of Topliss-reactive ketones (excluding diaryl/α,β-unsaturated/α-hetero) is 2. The van der Waals surface area contributed by atoms with Crippen LogP contribution in [0.25, 0.3) is 27.6 Å². The van der Waals surface area contributed by atoms with Gasteiger partial charge in [-0.05, 0) is 112 Å². The Morgan fingerprint density at radius 3 is 2.00 bits per heavy atom. The normalized spacial score (nSPS) is 13.9. The van der Waals surface area contributed by atoms with Crippen molar-refractivity contribution in [1.82, 2.24) is 0 Å². The molecule has 3 heteroatoms. The minimum absolute atomic E-state index is 0.202. The minimum atomic E-state index is -0.202. The number of anilines is 3. The number of nitrogens with zero attached hydrogens (tertiary/aromatic N) is 1. The molecule has 1 aliphatic heterocycles. The maximum atomic E-state index is 13.4. The van der Waals surface area contributed by atoms with Crippen LogP contribution in [0.5, 0.6) is 0 Å². The second-order valence-corrected chi connectivity index (χ2v) is 11.5. The lowest BCUT2D eigenvalue weighted by Crippen LogP contribution is -2.19. The average Bonchev–Trinajstić information content (AvgIpc) is 3.22. The molecule has 0 bridgehead atoms. The van der Waals surface area contributed by atoms with E-state index in [1.807, 2.05) is 42.5 Å². The lowest BCUT2D eigenvalue weighted by atomic mass is 9.90. The molecule has 8 rings (SSSR count). The van der Waals surface area contributed by atoms with Gasteiger partial charge >= 0.3 is 0 Å². The third kappa shape index (κ3) is 3.74. The van der Waals surface area contributed by atoms with Crippen LogP contribution < -0.4 is 4.90 Å². The van der Waals surface area contributed by atoms with Gasteiger partial charge in [-0.15, -0.1) is 0 Å². The smallest absolute Gasteiger partial charge is 0.197 e. The summed E-state index contributed by atoms with van der Waals surface area (Å²) in [6.07, 6.45) is 2.59. The van der Waals surface area contributed by atoms with Crippen molar-refractivity contribution in [3.8, 4) is 0 Å². The first-order valence-corrected chi connectivity index (χ1v) is 14.3. The first-order valence-electron chi connectivity index (χ1n) is 14.3. The van der Waals surface area contributed by atoms with Gasteiger partial charge in [0.2, 0.25) is 0 Å². The van der Waals surface area contributed by atoms with Gasteiger partial charge < -0.3 is 4.90 Å². The van der Waals surface area contributed by atoms with E-state index in [4.69, 9.17) is 0 Å². The molecule has 0 saturated carbocycles. The first kappa shape index (κ1) is 24.5. The quantitative estimate of drug-likeness (QED) is 0.162. The third-order valence-corrected chi connectivity index (χ3v) is 8.61. The van der Waals surface area contributed by atoms with Crippen LogP contribution in [0.2, 0.25) is 0 Å². The summed E-state index contributed by atoms with van der Waals surface area (Å²) in [5.74, 6) is -0.404. The highest BCUT2D eigenvalue weighted by Gasteiger charge is 2.33. The number of para-hydroxylation sites is 1. The molecule has 200 valence electrons. The van der Waals surface area contributed by atoms with Crippen molar-refractivity contribution >= 4 is 56.2 Å². The topological polar surface area (TPSA) is 37.4 Å². The van der Waals surface area contributed by atoms with Crippen LogP contribution in [0, 0.1) is 13.8 Å². The van der Waals surface area contributed by atoms with Gasteiger partial charge in [-0.25, -0.2) is 0 Å². The summed E-state index contributed by atoms with van der Waals surface area (Å²) in [4.78, 5) is 29.1. The summed E-state index contributed by atoms with van der Waals surface area (Å²) in [6, 6.07) is 37.4. The Kier molecular flexibility index (Phi) is 5.32. The number of carbonyl (C=O) groups excluding carboxylic acids is 2. The van der Waals surface area contributed by atoms with Gasteiger partial charge in [-0.1, -0.05) is 66.7 Å². The number of hydrogen-bond donors (Lipinski definition) is 0. The van der Waals surface area contributed by atoms with Gasteiger partial charge in [0.05, 0.1) is 11.3 Å². The first-order chi connectivity index (χ1) is 20.4. The Morgan fingerprint density at radius 2 is 1.29 bits per heavy atom. The van der Waals surface area contributed by atoms with Gasteiger partial charge in [-0.3, -0.25) is 9.59 Å². The Morgan fingerprint density at radius 1 is 0.619 bits per heavy atom. The molecule has 0 amide bonds. The monoisotopic (exact) mass is 541 g/mol. The van der Waals surface area contributed by atoms with Crippen molar-refractivity contribution in [1.29, 1.82) is 0 Å². The number of allylic oxidation sites excluding steroid dienone is 1. The fourth-order valence-electron chi connectivity index (χ4n) is 6.75. The lowest BCUT2D eigenvalue weighted by Gasteiger charge is -2.34. The summed E-state index contributed by atoms with van der Waals surface area (Å²) in [6.45, 7) is 4.29. The second kappa shape index (κ2) is 9.12. The molecule has 42 heavy (non-hydrogen) atoms. The van der Waals surface area contributed by atoms with Crippen LogP contribution in [0.3, 0.4) is 0 Å². The van der Waals surface area contributed by atoms with Crippen molar-refractivity contribution in [2.75, 3.05) is 4.90 Å². The average molecular weight is 542 g/mol. The summed E-state index contributed by atoms with van der Waals surface area (Å²) in [5.41, 5.74) is 10.6. The van der Waals surface area contributed by atoms with E-state index in [0.29, 0.717) is 11.1 Å². The van der Waals surface area contributed by atoms with Crippen LogP contribution in [-0.4, -0.2) is 11.6 Å². The molecule has 0 radical (unpaired) electrons. The van der Waals surface area contributed by atoms with E-state index >= 15 is 0 Å². The molecule has 6 aromatic rings. The second-order valence-electron chi connectivity index (χ2n) is 11.5. The van der Waals surface area contributed by atoms with Crippen molar-refractivity contribution < 1.29 is 9.59 Å². The molecule has 0 unspecified atom stereocenters.